The molecule has 1 aliphatic rings. The third-order valence-electron chi connectivity index (χ3n) is 4.42. The Hall–Kier alpha value is -3.14. The van der Waals surface area contributed by atoms with Gasteiger partial charge in [-0.1, -0.05) is 0 Å². The summed E-state index contributed by atoms with van der Waals surface area (Å²) < 4.78 is 45.3. The Morgan fingerprint density at radius 3 is 2.48 bits per heavy atom. The van der Waals surface area contributed by atoms with Crippen LogP contribution in [0, 0.1) is 17.5 Å². The van der Waals surface area contributed by atoms with Crippen molar-refractivity contribution in [1.82, 2.24) is 9.88 Å². The fraction of sp³-hybridized carbons (Fsp3) is 0.316. The molecule has 2 amide bonds. The highest BCUT2D eigenvalue weighted by molar-refractivity contribution is 5.94. The van der Waals surface area contributed by atoms with Crippen LogP contribution in [-0.4, -0.2) is 61.6 Å². The number of hydrogen-bond donors (Lipinski definition) is 1. The molecule has 2 heterocycles. The number of carbonyl (C=O) groups is 2. The van der Waals surface area contributed by atoms with Crippen molar-refractivity contribution in [2.75, 3.05) is 50.1 Å². The van der Waals surface area contributed by atoms with E-state index in [0.717, 1.165) is 0 Å². The van der Waals surface area contributed by atoms with Gasteiger partial charge >= 0.3 is 0 Å². The van der Waals surface area contributed by atoms with Gasteiger partial charge in [0, 0.05) is 39.4 Å². The van der Waals surface area contributed by atoms with E-state index in [2.05, 4.69) is 10.3 Å². The van der Waals surface area contributed by atoms with Crippen LogP contribution in [-0.2, 0) is 9.53 Å². The van der Waals surface area contributed by atoms with Crippen molar-refractivity contribution < 1.29 is 27.5 Å². The first-order valence-electron chi connectivity index (χ1n) is 8.82. The minimum atomic E-state index is -1.39. The quantitative estimate of drug-likeness (QED) is 0.767. The van der Waals surface area contributed by atoms with Gasteiger partial charge in [0.15, 0.2) is 11.6 Å². The zero-order valence-electron chi connectivity index (χ0n) is 15.6. The van der Waals surface area contributed by atoms with E-state index in [9.17, 15) is 22.8 Å². The molecular weight excluding hydrogens is 389 g/mol. The lowest BCUT2D eigenvalue weighted by atomic mass is 10.1. The van der Waals surface area contributed by atoms with Crippen LogP contribution >= 0.6 is 0 Å². The highest BCUT2D eigenvalue weighted by Gasteiger charge is 2.26. The number of halogens is 3. The molecule has 1 N–H and O–H groups in total. The molecule has 29 heavy (non-hydrogen) atoms. The molecule has 0 radical (unpaired) electrons. The molecular formula is C19H19F3N4O3. The Morgan fingerprint density at radius 1 is 1.14 bits per heavy atom. The van der Waals surface area contributed by atoms with Crippen molar-refractivity contribution in [3.63, 3.8) is 0 Å². The first kappa shape index (κ1) is 20.6. The van der Waals surface area contributed by atoms with E-state index in [1.165, 1.54) is 18.2 Å². The van der Waals surface area contributed by atoms with Gasteiger partial charge in [-0.3, -0.25) is 9.59 Å². The number of pyridine rings is 1. The van der Waals surface area contributed by atoms with Gasteiger partial charge in [0.2, 0.25) is 5.91 Å². The number of anilines is 2. The number of benzene rings is 1. The topological polar surface area (TPSA) is 74.8 Å². The number of hydrogen-bond acceptors (Lipinski definition) is 5. The molecule has 10 heteroatoms. The summed E-state index contributed by atoms with van der Waals surface area (Å²) in [7, 11) is 1.42. The molecule has 1 saturated heterocycles. The predicted molar refractivity (Wildman–Crippen MR) is 99.2 cm³/mol. The maximum atomic E-state index is 13.9. The zero-order valence-corrected chi connectivity index (χ0v) is 15.6. The molecule has 0 unspecified atom stereocenters. The van der Waals surface area contributed by atoms with Crippen molar-refractivity contribution in [2.45, 2.75) is 0 Å². The van der Waals surface area contributed by atoms with Crippen LogP contribution in [0.3, 0.4) is 0 Å². The molecule has 1 fully saturated rings. The number of nitrogens with zero attached hydrogens (tertiary/aromatic N) is 3. The Balaban J connectivity index is 1.60. The van der Waals surface area contributed by atoms with Crippen LogP contribution in [0.15, 0.2) is 30.5 Å². The summed E-state index contributed by atoms with van der Waals surface area (Å²) in [6.07, 6.45) is 1.51. The van der Waals surface area contributed by atoms with E-state index in [0.29, 0.717) is 36.7 Å². The van der Waals surface area contributed by atoms with E-state index in [4.69, 9.17) is 4.74 Å². The lowest BCUT2D eigenvalue weighted by molar-refractivity contribution is -0.119. The molecule has 2 aromatic rings. The van der Waals surface area contributed by atoms with E-state index < -0.39 is 28.9 Å². The van der Waals surface area contributed by atoms with E-state index >= 15 is 0 Å². The normalized spacial score (nSPS) is 14.1. The fourth-order valence-corrected chi connectivity index (χ4v) is 3.00. The second-order valence-electron chi connectivity index (χ2n) is 6.41. The van der Waals surface area contributed by atoms with Crippen LogP contribution < -0.4 is 10.2 Å². The van der Waals surface area contributed by atoms with Gasteiger partial charge < -0.3 is 19.9 Å². The van der Waals surface area contributed by atoms with Crippen LogP contribution in [0.2, 0.25) is 0 Å². The highest BCUT2D eigenvalue weighted by atomic mass is 19.2. The molecule has 1 aromatic heterocycles. The molecule has 0 atom stereocenters. The van der Waals surface area contributed by atoms with Crippen LogP contribution in [0.4, 0.5) is 24.7 Å². The van der Waals surface area contributed by atoms with E-state index in [1.54, 1.807) is 12.1 Å². The van der Waals surface area contributed by atoms with Crippen molar-refractivity contribution in [3.05, 3.63) is 53.5 Å². The Labute approximate surface area is 165 Å². The van der Waals surface area contributed by atoms with Gasteiger partial charge in [-0.05, 0) is 18.2 Å². The summed E-state index contributed by atoms with van der Waals surface area (Å²) in [4.78, 5) is 31.5. The number of aromatic nitrogens is 1. The molecule has 0 saturated carbocycles. The summed E-state index contributed by atoms with van der Waals surface area (Å²) >= 11 is 0. The molecule has 154 valence electrons. The minimum Gasteiger partial charge on any atom is -0.375 e. The Bertz CT molecular complexity index is 900. The maximum Gasteiger partial charge on any atom is 0.257 e. The van der Waals surface area contributed by atoms with Crippen molar-refractivity contribution in [2.24, 2.45) is 0 Å². The number of nitrogens with one attached hydrogen (secondary N) is 1. The van der Waals surface area contributed by atoms with Crippen molar-refractivity contribution in [1.29, 1.82) is 0 Å². The van der Waals surface area contributed by atoms with Gasteiger partial charge in [0.05, 0.1) is 17.4 Å². The standard InChI is InChI=1S/C19H19F3N4O3/c1-29-11-17(27)24-13-2-3-16(23-10-13)25-4-6-26(7-5-25)19(28)14-8-12(20)9-15(21)18(14)22/h2-3,8-10H,4-7,11H2,1H3,(H,24,27). The third kappa shape index (κ3) is 4.83. The monoisotopic (exact) mass is 408 g/mol. The minimum absolute atomic E-state index is 0.0620. The van der Waals surface area contributed by atoms with Crippen LogP contribution in [0.1, 0.15) is 10.4 Å². The van der Waals surface area contributed by atoms with E-state index in [-0.39, 0.29) is 25.6 Å². The van der Waals surface area contributed by atoms with E-state index in [1.807, 2.05) is 4.90 Å². The number of carbonyl (C=O) groups excluding carboxylic acids is 2. The van der Waals surface area contributed by atoms with Crippen molar-refractivity contribution >= 4 is 23.3 Å². The lowest BCUT2D eigenvalue weighted by Crippen LogP contribution is -2.49. The summed E-state index contributed by atoms with van der Waals surface area (Å²) in [5.41, 5.74) is -0.0987. The smallest absolute Gasteiger partial charge is 0.257 e. The summed E-state index contributed by atoms with van der Waals surface area (Å²) in [6, 6.07) is 4.52. The molecule has 0 aliphatic carbocycles. The Morgan fingerprint density at radius 2 is 1.86 bits per heavy atom. The van der Waals surface area contributed by atoms with Gasteiger partial charge in [-0.2, -0.15) is 0 Å². The summed E-state index contributed by atoms with van der Waals surface area (Å²) in [6.45, 7) is 1.24. The molecule has 0 bridgehead atoms. The SMILES string of the molecule is COCC(=O)Nc1ccc(N2CCN(C(=O)c3cc(F)cc(F)c3F)CC2)nc1. The number of ether oxygens (including phenoxy) is 1. The van der Waals surface area contributed by atoms with Crippen molar-refractivity contribution in [3.8, 4) is 0 Å². The molecule has 0 spiro atoms. The number of amides is 2. The molecule has 3 rings (SSSR count). The second-order valence-corrected chi connectivity index (χ2v) is 6.41. The first-order chi connectivity index (χ1) is 13.9. The lowest BCUT2D eigenvalue weighted by Gasteiger charge is -2.35. The zero-order chi connectivity index (χ0) is 21.0. The molecule has 1 aliphatic heterocycles. The largest absolute Gasteiger partial charge is 0.375 e. The third-order valence-corrected chi connectivity index (χ3v) is 4.42. The van der Waals surface area contributed by atoms with Gasteiger partial charge in [0.25, 0.3) is 5.91 Å². The Kier molecular flexibility index (Phi) is 6.32. The van der Waals surface area contributed by atoms with Gasteiger partial charge in [0.1, 0.15) is 18.2 Å². The molecule has 1 aromatic carbocycles. The van der Waals surface area contributed by atoms with Crippen LogP contribution in [0.5, 0.6) is 0 Å². The predicted octanol–water partition coefficient (Wildman–Crippen LogP) is 2.05. The number of methoxy groups -OCH3 is 1. The van der Waals surface area contributed by atoms with Gasteiger partial charge in [-0.25, -0.2) is 18.2 Å². The summed E-state index contributed by atoms with van der Waals surface area (Å²) in [5, 5.41) is 2.63. The average molecular weight is 408 g/mol. The van der Waals surface area contributed by atoms with Gasteiger partial charge in [-0.15, -0.1) is 0 Å². The fourth-order valence-electron chi connectivity index (χ4n) is 3.00. The highest BCUT2D eigenvalue weighted by Crippen LogP contribution is 2.20. The second kappa shape index (κ2) is 8.91. The number of piperazine rings is 1. The number of rotatable bonds is 5. The average Bonchev–Trinajstić information content (AvgIpc) is 2.71. The summed E-state index contributed by atoms with van der Waals surface area (Å²) in [5.74, 6) is -4.17. The first-order valence-corrected chi connectivity index (χ1v) is 8.82. The van der Waals surface area contributed by atoms with Crippen LogP contribution in [0.25, 0.3) is 0 Å². The molecule has 7 nitrogen and oxygen atoms in total. The maximum absolute atomic E-state index is 13.9.